The summed E-state index contributed by atoms with van der Waals surface area (Å²) in [6.45, 7) is 4.39. The fourth-order valence-electron chi connectivity index (χ4n) is 2.95. The first-order valence-electron chi connectivity index (χ1n) is 10.9. The van der Waals surface area contributed by atoms with Crippen molar-refractivity contribution in [2.75, 3.05) is 26.9 Å². The van der Waals surface area contributed by atoms with Gasteiger partial charge in [-0.3, -0.25) is 4.79 Å². The molecular formula is C26H30O7. The largest absolute Gasteiger partial charge is 0.494 e. The molecule has 0 aliphatic heterocycles. The normalized spacial score (nSPS) is 10.3. The summed E-state index contributed by atoms with van der Waals surface area (Å²) in [4.78, 5) is 34.9. The Balaban J connectivity index is 1.68. The van der Waals surface area contributed by atoms with Gasteiger partial charge in [-0.15, -0.1) is 0 Å². The fraction of sp³-hybridized carbons (Fsp3) is 0.346. The fourth-order valence-corrected chi connectivity index (χ4v) is 2.95. The number of benzene rings is 2. The second kappa shape index (κ2) is 14.6. The maximum atomic E-state index is 12.3. The molecule has 2 rings (SSSR count). The number of ether oxygens (including phenoxy) is 4. The lowest BCUT2D eigenvalue weighted by Crippen LogP contribution is -2.10. The molecule has 0 N–H and O–H groups in total. The van der Waals surface area contributed by atoms with E-state index in [2.05, 4.69) is 6.58 Å². The van der Waals surface area contributed by atoms with Gasteiger partial charge >= 0.3 is 11.9 Å². The third-order valence-electron chi connectivity index (χ3n) is 4.65. The van der Waals surface area contributed by atoms with Gasteiger partial charge in [-0.2, -0.15) is 0 Å². The number of hydrogen-bond acceptors (Lipinski definition) is 7. The molecule has 0 atom stereocenters. The van der Waals surface area contributed by atoms with Crippen LogP contribution in [-0.2, 0) is 25.5 Å². The van der Waals surface area contributed by atoms with Gasteiger partial charge in [0.25, 0.3) is 0 Å². The number of unbranched alkanes of at least 4 members (excludes halogenated alkanes) is 3. The minimum atomic E-state index is -0.470. The molecule has 0 saturated carbocycles. The molecule has 0 unspecified atom stereocenters. The van der Waals surface area contributed by atoms with E-state index in [1.807, 2.05) is 0 Å². The Morgan fingerprint density at radius 3 is 2.12 bits per heavy atom. The predicted molar refractivity (Wildman–Crippen MR) is 124 cm³/mol. The lowest BCUT2D eigenvalue weighted by molar-refractivity contribution is -0.137. The van der Waals surface area contributed by atoms with Gasteiger partial charge < -0.3 is 18.9 Å². The highest BCUT2D eigenvalue weighted by Gasteiger charge is 2.10. The molecular weight excluding hydrogens is 424 g/mol. The third-order valence-corrected chi connectivity index (χ3v) is 4.65. The Labute approximate surface area is 194 Å². The number of esters is 2. The molecule has 0 aliphatic rings. The highest BCUT2D eigenvalue weighted by atomic mass is 16.5. The van der Waals surface area contributed by atoms with Gasteiger partial charge in [-0.1, -0.05) is 18.7 Å². The van der Waals surface area contributed by atoms with E-state index < -0.39 is 11.9 Å². The van der Waals surface area contributed by atoms with Crippen molar-refractivity contribution in [1.82, 2.24) is 0 Å². The molecule has 7 heteroatoms. The number of Topliss-reactive ketones (excluding diaryl/α,β-unsaturated/α-hetero) is 1. The minimum Gasteiger partial charge on any atom is -0.494 e. The third kappa shape index (κ3) is 10.1. The first-order chi connectivity index (χ1) is 16.0. The summed E-state index contributed by atoms with van der Waals surface area (Å²) in [5.41, 5.74) is 1.24. The van der Waals surface area contributed by atoms with Crippen LogP contribution in [-0.4, -0.2) is 44.7 Å². The van der Waals surface area contributed by atoms with Crippen LogP contribution < -0.4 is 9.47 Å². The van der Waals surface area contributed by atoms with Crippen molar-refractivity contribution in [2.24, 2.45) is 0 Å². The average molecular weight is 455 g/mol. The molecule has 0 bridgehead atoms. The molecule has 0 spiro atoms. The summed E-state index contributed by atoms with van der Waals surface area (Å²) in [7, 11) is 1.48. The van der Waals surface area contributed by atoms with Crippen molar-refractivity contribution in [2.45, 2.75) is 32.1 Å². The lowest BCUT2D eigenvalue weighted by atomic mass is 10.1. The SMILES string of the molecule is C=CC(=O)OCCCCCCOc1ccc(C(=O)Oc2ccc(CC(=O)COC)cc2)cc1. The number of rotatable bonds is 15. The molecule has 0 amide bonds. The smallest absolute Gasteiger partial charge is 0.343 e. The number of carbonyl (C=O) groups excluding carboxylic acids is 3. The molecule has 0 fully saturated rings. The molecule has 2 aromatic carbocycles. The summed E-state index contributed by atoms with van der Waals surface area (Å²) in [6, 6.07) is 13.6. The zero-order valence-electron chi connectivity index (χ0n) is 18.9. The van der Waals surface area contributed by atoms with E-state index in [-0.39, 0.29) is 18.8 Å². The quantitative estimate of drug-likeness (QED) is 0.171. The van der Waals surface area contributed by atoms with Crippen LogP contribution in [0.3, 0.4) is 0 Å². The second-order valence-electron chi connectivity index (χ2n) is 7.34. The molecule has 0 aromatic heterocycles. The van der Waals surface area contributed by atoms with Crippen LogP contribution in [0.1, 0.15) is 41.6 Å². The van der Waals surface area contributed by atoms with E-state index in [0.29, 0.717) is 30.3 Å². The lowest BCUT2D eigenvalue weighted by Gasteiger charge is -2.08. The Morgan fingerprint density at radius 2 is 1.48 bits per heavy atom. The summed E-state index contributed by atoms with van der Waals surface area (Å²) < 4.78 is 20.8. The topological polar surface area (TPSA) is 88.1 Å². The van der Waals surface area contributed by atoms with Crippen molar-refractivity contribution in [3.8, 4) is 11.5 Å². The van der Waals surface area contributed by atoms with Gasteiger partial charge in [0.2, 0.25) is 0 Å². The van der Waals surface area contributed by atoms with Crippen LogP contribution in [0.15, 0.2) is 61.2 Å². The molecule has 0 saturated heterocycles. The Kier molecular flexibility index (Phi) is 11.4. The van der Waals surface area contributed by atoms with E-state index in [1.54, 1.807) is 48.5 Å². The standard InChI is InChI=1S/C26H30O7/c1-3-25(28)32-17-7-5-4-6-16-31-23-14-10-21(11-15-23)26(29)33-24-12-8-20(9-13-24)18-22(27)19-30-2/h3,8-15H,1,4-7,16-19H2,2H3. The summed E-state index contributed by atoms with van der Waals surface area (Å²) in [5, 5.41) is 0. The van der Waals surface area contributed by atoms with Crippen molar-refractivity contribution >= 4 is 17.7 Å². The van der Waals surface area contributed by atoms with Gasteiger partial charge in [0.15, 0.2) is 5.78 Å². The maximum absolute atomic E-state index is 12.3. The first kappa shape index (κ1) is 25.8. The van der Waals surface area contributed by atoms with Gasteiger partial charge in [0.1, 0.15) is 18.1 Å². The van der Waals surface area contributed by atoms with Crippen molar-refractivity contribution in [3.05, 3.63) is 72.3 Å². The van der Waals surface area contributed by atoms with Crippen LogP contribution in [0.5, 0.6) is 11.5 Å². The van der Waals surface area contributed by atoms with Gasteiger partial charge in [0.05, 0.1) is 18.8 Å². The Morgan fingerprint density at radius 1 is 0.848 bits per heavy atom. The van der Waals surface area contributed by atoms with Crippen molar-refractivity contribution in [1.29, 1.82) is 0 Å². The molecule has 33 heavy (non-hydrogen) atoms. The Hall–Kier alpha value is -3.45. The first-order valence-corrected chi connectivity index (χ1v) is 10.9. The highest BCUT2D eigenvalue weighted by molar-refractivity contribution is 5.91. The monoisotopic (exact) mass is 454 g/mol. The summed E-state index contributed by atoms with van der Waals surface area (Å²) in [5.74, 6) is 0.201. The number of hydrogen-bond donors (Lipinski definition) is 0. The van der Waals surface area contributed by atoms with Crippen LogP contribution >= 0.6 is 0 Å². The molecule has 176 valence electrons. The zero-order chi connectivity index (χ0) is 23.9. The molecule has 0 heterocycles. The molecule has 0 aliphatic carbocycles. The highest BCUT2D eigenvalue weighted by Crippen LogP contribution is 2.17. The number of methoxy groups -OCH3 is 1. The van der Waals surface area contributed by atoms with Crippen molar-refractivity contribution < 1.29 is 33.3 Å². The van der Waals surface area contributed by atoms with Crippen LogP contribution in [0, 0.1) is 0 Å². The van der Waals surface area contributed by atoms with E-state index in [9.17, 15) is 14.4 Å². The molecule has 7 nitrogen and oxygen atoms in total. The predicted octanol–water partition coefficient (Wildman–Crippen LogP) is 4.33. The Bertz CT molecular complexity index is 901. The van der Waals surface area contributed by atoms with E-state index in [4.69, 9.17) is 18.9 Å². The van der Waals surface area contributed by atoms with Gasteiger partial charge in [-0.05, 0) is 67.6 Å². The van der Waals surface area contributed by atoms with Gasteiger partial charge in [0, 0.05) is 19.6 Å². The zero-order valence-corrected chi connectivity index (χ0v) is 18.9. The number of carbonyl (C=O) groups is 3. The maximum Gasteiger partial charge on any atom is 0.343 e. The van der Waals surface area contributed by atoms with Gasteiger partial charge in [-0.25, -0.2) is 9.59 Å². The van der Waals surface area contributed by atoms with E-state index in [0.717, 1.165) is 37.3 Å². The van der Waals surface area contributed by atoms with Crippen LogP contribution in [0.25, 0.3) is 0 Å². The second-order valence-corrected chi connectivity index (χ2v) is 7.34. The van der Waals surface area contributed by atoms with E-state index in [1.165, 1.54) is 7.11 Å². The average Bonchev–Trinajstić information content (AvgIpc) is 2.82. The summed E-state index contributed by atoms with van der Waals surface area (Å²) >= 11 is 0. The molecule has 0 radical (unpaired) electrons. The minimum absolute atomic E-state index is 0.0175. The van der Waals surface area contributed by atoms with Crippen LogP contribution in [0.2, 0.25) is 0 Å². The van der Waals surface area contributed by atoms with Crippen LogP contribution in [0.4, 0.5) is 0 Å². The summed E-state index contributed by atoms with van der Waals surface area (Å²) in [6.07, 6.45) is 5.04. The number of ketones is 1. The van der Waals surface area contributed by atoms with Crippen molar-refractivity contribution in [3.63, 3.8) is 0 Å². The van der Waals surface area contributed by atoms with E-state index >= 15 is 0 Å². The molecule has 2 aromatic rings.